The van der Waals surface area contributed by atoms with E-state index < -0.39 is 26.6 Å². The van der Waals surface area contributed by atoms with Gasteiger partial charge in [0.15, 0.2) is 0 Å². The predicted octanol–water partition coefficient (Wildman–Crippen LogP) is 1.73. The lowest BCUT2D eigenvalue weighted by atomic mass is 9.78. The van der Waals surface area contributed by atoms with Crippen molar-refractivity contribution in [2.45, 2.75) is 24.2 Å². The zero-order valence-electron chi connectivity index (χ0n) is 11.6. The Kier molecular flexibility index (Phi) is 3.75. The van der Waals surface area contributed by atoms with E-state index in [-0.39, 0.29) is 5.41 Å². The maximum atomic E-state index is 13.8. The van der Waals surface area contributed by atoms with Crippen LogP contribution in [0.15, 0.2) is 23.1 Å². The van der Waals surface area contributed by atoms with Gasteiger partial charge < -0.3 is 5.32 Å². The smallest absolute Gasteiger partial charge is 0.246 e. The quantitative estimate of drug-likeness (QED) is 0.904. The number of hydrogen-bond donors (Lipinski definition) is 1. The molecule has 2 aliphatic heterocycles. The Morgan fingerprint density at radius 3 is 2.57 bits per heavy atom. The van der Waals surface area contributed by atoms with Crippen LogP contribution in [0.4, 0.5) is 8.78 Å². The van der Waals surface area contributed by atoms with Gasteiger partial charge in [-0.25, -0.2) is 17.2 Å². The van der Waals surface area contributed by atoms with E-state index in [1.807, 2.05) is 0 Å². The van der Waals surface area contributed by atoms with Gasteiger partial charge in [-0.3, -0.25) is 0 Å². The molecule has 2 heterocycles. The minimum absolute atomic E-state index is 0.0118. The molecular formula is C14H18F2N2O2S. The maximum Gasteiger partial charge on any atom is 0.246 e. The van der Waals surface area contributed by atoms with Gasteiger partial charge in [0.2, 0.25) is 10.0 Å². The van der Waals surface area contributed by atoms with E-state index in [2.05, 4.69) is 5.32 Å². The van der Waals surface area contributed by atoms with E-state index >= 15 is 0 Å². The Bertz CT molecular complexity index is 642. The minimum Gasteiger partial charge on any atom is -0.317 e. The summed E-state index contributed by atoms with van der Waals surface area (Å²) in [5.74, 6) is -1.64. The molecule has 116 valence electrons. The molecule has 3 rings (SSSR count). The van der Waals surface area contributed by atoms with Crippen molar-refractivity contribution in [2.24, 2.45) is 5.41 Å². The fourth-order valence-corrected chi connectivity index (χ4v) is 4.91. The zero-order chi connectivity index (χ0) is 15.1. The summed E-state index contributed by atoms with van der Waals surface area (Å²) in [6.07, 6.45) is 2.63. The van der Waals surface area contributed by atoms with Crippen LogP contribution in [0.3, 0.4) is 0 Å². The van der Waals surface area contributed by atoms with Crippen LogP contribution < -0.4 is 5.32 Å². The number of nitrogens with zero attached hydrogens (tertiary/aromatic N) is 1. The monoisotopic (exact) mass is 316 g/mol. The molecule has 0 aromatic heterocycles. The van der Waals surface area contributed by atoms with E-state index in [0.717, 1.165) is 50.6 Å². The molecule has 4 nitrogen and oxygen atoms in total. The number of piperidine rings is 1. The standard InChI is InChI=1S/C14H18F2N2O2S/c15-11-1-2-12(16)13(9-11)21(19,20)18-8-5-14(10-18)3-6-17-7-4-14/h1-2,9,17H,3-8,10H2. The maximum absolute atomic E-state index is 13.8. The van der Waals surface area contributed by atoms with Crippen LogP contribution in [0.2, 0.25) is 0 Å². The summed E-state index contributed by atoms with van der Waals surface area (Å²) in [5, 5.41) is 3.26. The van der Waals surface area contributed by atoms with Crippen molar-refractivity contribution in [3.8, 4) is 0 Å². The van der Waals surface area contributed by atoms with Gasteiger partial charge in [0.1, 0.15) is 16.5 Å². The average molecular weight is 316 g/mol. The third kappa shape index (κ3) is 2.69. The van der Waals surface area contributed by atoms with Crippen molar-refractivity contribution in [3.05, 3.63) is 29.8 Å². The van der Waals surface area contributed by atoms with Crippen LogP contribution >= 0.6 is 0 Å². The number of hydrogen-bond acceptors (Lipinski definition) is 3. The Morgan fingerprint density at radius 2 is 1.86 bits per heavy atom. The summed E-state index contributed by atoms with van der Waals surface area (Å²) in [6.45, 7) is 2.52. The SMILES string of the molecule is O=S(=O)(c1cc(F)ccc1F)N1CCC2(CCNCC2)C1. The lowest BCUT2D eigenvalue weighted by Gasteiger charge is -2.33. The molecule has 1 aromatic rings. The van der Waals surface area contributed by atoms with Crippen molar-refractivity contribution in [1.29, 1.82) is 0 Å². The highest BCUT2D eigenvalue weighted by Crippen LogP contribution is 2.40. The van der Waals surface area contributed by atoms with E-state index in [1.54, 1.807) is 0 Å². The molecule has 0 bridgehead atoms. The number of rotatable bonds is 2. The molecule has 2 fully saturated rings. The molecule has 0 radical (unpaired) electrons. The Hall–Kier alpha value is -1.05. The highest BCUT2D eigenvalue weighted by molar-refractivity contribution is 7.89. The van der Waals surface area contributed by atoms with Gasteiger partial charge in [-0.15, -0.1) is 0 Å². The Labute approximate surface area is 123 Å². The van der Waals surface area contributed by atoms with Gasteiger partial charge >= 0.3 is 0 Å². The largest absolute Gasteiger partial charge is 0.317 e. The molecule has 21 heavy (non-hydrogen) atoms. The van der Waals surface area contributed by atoms with Crippen LogP contribution in [0.1, 0.15) is 19.3 Å². The molecule has 1 N–H and O–H groups in total. The lowest BCUT2D eigenvalue weighted by Crippen LogP contribution is -2.39. The first-order valence-corrected chi connectivity index (χ1v) is 8.53. The van der Waals surface area contributed by atoms with E-state index in [9.17, 15) is 17.2 Å². The first-order chi connectivity index (χ1) is 9.93. The molecule has 2 aliphatic rings. The van der Waals surface area contributed by atoms with E-state index in [1.165, 1.54) is 4.31 Å². The van der Waals surface area contributed by atoms with Gasteiger partial charge in [-0.2, -0.15) is 4.31 Å². The Balaban J connectivity index is 1.88. The van der Waals surface area contributed by atoms with Crippen LogP contribution in [0.25, 0.3) is 0 Å². The molecule has 1 spiro atoms. The second kappa shape index (κ2) is 5.30. The number of nitrogens with one attached hydrogen (secondary N) is 1. The van der Waals surface area contributed by atoms with Gasteiger partial charge in [-0.05, 0) is 56.0 Å². The molecule has 0 aliphatic carbocycles. The molecule has 0 atom stereocenters. The fourth-order valence-electron chi connectivity index (χ4n) is 3.28. The van der Waals surface area contributed by atoms with Gasteiger partial charge in [0.25, 0.3) is 0 Å². The van der Waals surface area contributed by atoms with Crippen molar-refractivity contribution in [1.82, 2.24) is 9.62 Å². The van der Waals surface area contributed by atoms with E-state index in [4.69, 9.17) is 0 Å². The van der Waals surface area contributed by atoms with E-state index in [0.29, 0.717) is 13.1 Å². The molecule has 7 heteroatoms. The van der Waals surface area contributed by atoms with Crippen molar-refractivity contribution < 1.29 is 17.2 Å². The zero-order valence-corrected chi connectivity index (χ0v) is 12.4. The molecule has 0 unspecified atom stereocenters. The number of sulfonamides is 1. The number of benzene rings is 1. The minimum atomic E-state index is -3.97. The average Bonchev–Trinajstić information content (AvgIpc) is 2.87. The first kappa shape index (κ1) is 14.9. The second-order valence-corrected chi connectivity index (χ2v) is 7.82. The molecule has 2 saturated heterocycles. The summed E-state index contributed by atoms with van der Waals surface area (Å²) in [6, 6.07) is 2.54. The highest BCUT2D eigenvalue weighted by atomic mass is 32.2. The summed E-state index contributed by atoms with van der Waals surface area (Å²) < 4.78 is 53.4. The Morgan fingerprint density at radius 1 is 1.14 bits per heavy atom. The van der Waals surface area contributed by atoms with Gasteiger partial charge in [-0.1, -0.05) is 0 Å². The summed E-state index contributed by atoms with van der Waals surface area (Å²) in [5.41, 5.74) is -0.0118. The van der Waals surface area contributed by atoms with Gasteiger partial charge in [0, 0.05) is 13.1 Å². The third-order valence-electron chi connectivity index (χ3n) is 4.58. The summed E-state index contributed by atoms with van der Waals surface area (Å²) >= 11 is 0. The first-order valence-electron chi connectivity index (χ1n) is 7.09. The van der Waals surface area contributed by atoms with Gasteiger partial charge in [0.05, 0.1) is 0 Å². The van der Waals surface area contributed by atoms with Crippen LogP contribution in [-0.2, 0) is 10.0 Å². The highest BCUT2D eigenvalue weighted by Gasteiger charge is 2.43. The fraction of sp³-hybridized carbons (Fsp3) is 0.571. The topological polar surface area (TPSA) is 49.4 Å². The summed E-state index contributed by atoms with van der Waals surface area (Å²) in [4.78, 5) is -0.562. The molecule has 1 aromatic carbocycles. The number of halogens is 2. The summed E-state index contributed by atoms with van der Waals surface area (Å²) in [7, 11) is -3.97. The van der Waals surface area contributed by atoms with Crippen LogP contribution in [0, 0.1) is 17.0 Å². The lowest BCUT2D eigenvalue weighted by molar-refractivity contribution is 0.218. The van der Waals surface area contributed by atoms with Crippen molar-refractivity contribution >= 4 is 10.0 Å². The molecular weight excluding hydrogens is 298 g/mol. The van der Waals surface area contributed by atoms with Crippen molar-refractivity contribution in [2.75, 3.05) is 26.2 Å². The van der Waals surface area contributed by atoms with Crippen molar-refractivity contribution in [3.63, 3.8) is 0 Å². The van der Waals surface area contributed by atoms with Crippen LogP contribution in [0.5, 0.6) is 0 Å². The normalized spacial score (nSPS) is 22.8. The predicted molar refractivity (Wildman–Crippen MR) is 74.3 cm³/mol. The second-order valence-electron chi connectivity index (χ2n) is 5.91. The molecule has 0 saturated carbocycles. The van der Waals surface area contributed by atoms with Crippen LogP contribution in [-0.4, -0.2) is 38.9 Å². The third-order valence-corrected chi connectivity index (χ3v) is 6.44. The molecule has 0 amide bonds.